The first-order valence-corrected chi connectivity index (χ1v) is 29.9. The highest BCUT2D eigenvalue weighted by Crippen LogP contribution is 2.52. The molecule has 0 spiro atoms. The summed E-state index contributed by atoms with van der Waals surface area (Å²) in [6.45, 7) is 14.7. The minimum absolute atomic E-state index is 1.02. The molecule has 3 aliphatic carbocycles. The van der Waals surface area contributed by atoms with Crippen molar-refractivity contribution in [3.63, 3.8) is 0 Å². The van der Waals surface area contributed by atoms with Crippen LogP contribution in [0.25, 0.3) is 78.0 Å². The number of allylic oxidation sites excluding steroid dienone is 1. The maximum atomic E-state index is 2.67. The topological polar surface area (TPSA) is 9.86 Å². The van der Waals surface area contributed by atoms with E-state index in [9.17, 15) is 0 Å². The Kier molecular flexibility index (Phi) is 8.40. The minimum atomic E-state index is -1.46. The molecule has 12 rings (SSSR count). The van der Waals surface area contributed by atoms with Crippen molar-refractivity contribution >= 4 is 70.9 Å². The average molecular weight is 835 g/mol. The molecule has 7 aromatic carbocycles. The number of benzene rings is 7. The molecule has 0 radical (unpaired) electrons. The van der Waals surface area contributed by atoms with Crippen LogP contribution in [-0.2, 0) is 32.1 Å². The van der Waals surface area contributed by atoms with Crippen molar-refractivity contribution in [1.82, 2.24) is 9.13 Å². The van der Waals surface area contributed by atoms with E-state index in [2.05, 4.69) is 194 Å². The van der Waals surface area contributed by atoms with Crippen LogP contribution in [0.4, 0.5) is 0 Å². The van der Waals surface area contributed by atoms with Crippen LogP contribution < -0.4 is 10.4 Å². The second-order valence-corrected chi connectivity index (χ2v) is 30.5. The lowest BCUT2D eigenvalue weighted by atomic mass is 9.73. The van der Waals surface area contributed by atoms with Gasteiger partial charge in [0.15, 0.2) is 0 Å². The van der Waals surface area contributed by atoms with Crippen LogP contribution in [0.15, 0.2) is 140 Å². The van der Waals surface area contributed by atoms with Crippen molar-refractivity contribution in [2.24, 2.45) is 0 Å². The predicted octanol–water partition coefficient (Wildman–Crippen LogP) is 13.8. The van der Waals surface area contributed by atoms with Crippen molar-refractivity contribution in [3.8, 4) is 33.6 Å². The molecule has 0 saturated heterocycles. The lowest BCUT2D eigenvalue weighted by Crippen LogP contribution is -2.37. The molecule has 4 heteroatoms. The average Bonchev–Trinajstić information content (AvgIpc) is 3.80. The van der Waals surface area contributed by atoms with Gasteiger partial charge in [-0.1, -0.05) is 141 Å². The van der Waals surface area contributed by atoms with E-state index >= 15 is 0 Å². The summed E-state index contributed by atoms with van der Waals surface area (Å²) >= 11 is 0. The van der Waals surface area contributed by atoms with Gasteiger partial charge in [-0.2, -0.15) is 0 Å². The second-order valence-electron chi connectivity index (χ2n) is 20.3. The molecular formula is C58H54N2Si2. The van der Waals surface area contributed by atoms with Gasteiger partial charge in [0.2, 0.25) is 0 Å². The first-order chi connectivity index (χ1) is 30.0. The first kappa shape index (κ1) is 37.8. The number of hydrogen-bond acceptors (Lipinski definition) is 0. The summed E-state index contributed by atoms with van der Waals surface area (Å²) in [6, 6.07) is 53.7. The summed E-state index contributed by atoms with van der Waals surface area (Å²) in [7, 11) is -2.91. The molecule has 2 aromatic heterocycles. The number of para-hydroxylation sites is 2. The molecule has 0 fully saturated rings. The Morgan fingerprint density at radius 1 is 0.419 bits per heavy atom. The van der Waals surface area contributed by atoms with E-state index in [-0.39, 0.29) is 0 Å². The SMILES string of the molecule is C[Si](C)(C)c1cccc(C2=Cc3c(n(-c4ccccc4)c4c5c6c(cc34)CCc3cc4c7cc(-c8cccc([Si](C)(C)C)c8)ccc7n(-c7ccccc7)c4c(c3-6)CC5)CC2)c1. The normalized spacial score (nSPS) is 14.6. The van der Waals surface area contributed by atoms with Gasteiger partial charge in [-0.15, -0.1) is 0 Å². The lowest BCUT2D eigenvalue weighted by Gasteiger charge is -2.31. The van der Waals surface area contributed by atoms with Crippen LogP contribution in [0.2, 0.25) is 39.3 Å². The van der Waals surface area contributed by atoms with Crippen LogP contribution >= 0.6 is 0 Å². The Morgan fingerprint density at radius 3 is 1.60 bits per heavy atom. The van der Waals surface area contributed by atoms with E-state index in [4.69, 9.17) is 0 Å². The van der Waals surface area contributed by atoms with Gasteiger partial charge in [0.05, 0.1) is 32.7 Å². The molecule has 0 bridgehead atoms. The van der Waals surface area contributed by atoms with E-state index in [0.29, 0.717) is 0 Å². The predicted molar refractivity (Wildman–Crippen MR) is 272 cm³/mol. The molecular weight excluding hydrogens is 781 g/mol. The Balaban J connectivity index is 1.11. The molecule has 0 aliphatic heterocycles. The fourth-order valence-electron chi connectivity index (χ4n) is 11.4. The Hall–Kier alpha value is -5.95. The molecule has 3 aliphatic rings. The summed E-state index contributed by atoms with van der Waals surface area (Å²) in [5.74, 6) is 0. The van der Waals surface area contributed by atoms with E-state index in [1.54, 1.807) is 5.56 Å². The zero-order valence-corrected chi connectivity index (χ0v) is 39.0. The number of fused-ring (bicyclic) bond motifs is 8. The van der Waals surface area contributed by atoms with E-state index in [1.165, 1.54) is 116 Å². The lowest BCUT2D eigenvalue weighted by molar-refractivity contribution is 0.870. The third-order valence-corrected chi connectivity index (χ3v) is 18.6. The zero-order chi connectivity index (χ0) is 42.1. The number of rotatable bonds is 6. The van der Waals surface area contributed by atoms with Gasteiger partial charge in [0.1, 0.15) is 0 Å². The molecule has 2 nitrogen and oxygen atoms in total. The molecule has 304 valence electrons. The fraction of sp³-hybridized carbons (Fsp3) is 0.207. The maximum Gasteiger partial charge on any atom is 0.0776 e. The van der Waals surface area contributed by atoms with E-state index in [1.807, 2.05) is 0 Å². The van der Waals surface area contributed by atoms with Crippen LogP contribution in [0.5, 0.6) is 0 Å². The fourth-order valence-corrected chi connectivity index (χ4v) is 13.7. The molecule has 0 atom stereocenters. The number of aryl methyl sites for hydroxylation is 4. The summed E-state index contributed by atoms with van der Waals surface area (Å²) in [6.07, 6.45) is 8.86. The maximum absolute atomic E-state index is 2.67. The molecule has 62 heavy (non-hydrogen) atoms. The standard InChI is InChI=1S/C58H54N2Si2/c1-61(2,3)45-21-13-15-37(31-45)39-25-29-53-49(33-39)51-35-41-23-24-42-36-52-50-34-40(38-16-14-22-46(32-38)62(4,5)6)26-30-54(50)60(44-19-11-8-12-20-44)58(52)48-28-27-47(55(41)56(42)48)57(51)59(53)43-17-9-7-10-18-43/h7-22,25,29,31-36H,23-24,26-28,30H2,1-6H3. The van der Waals surface area contributed by atoms with Crippen molar-refractivity contribution in [2.45, 2.75) is 77.8 Å². The van der Waals surface area contributed by atoms with Gasteiger partial charge in [-0.3, -0.25) is 0 Å². The molecule has 2 heterocycles. The highest BCUT2D eigenvalue weighted by molar-refractivity contribution is 6.89. The van der Waals surface area contributed by atoms with Crippen molar-refractivity contribution < 1.29 is 0 Å². The summed E-state index contributed by atoms with van der Waals surface area (Å²) in [5, 5.41) is 7.23. The van der Waals surface area contributed by atoms with Gasteiger partial charge >= 0.3 is 0 Å². The smallest absolute Gasteiger partial charge is 0.0776 e. The molecule has 0 saturated carbocycles. The van der Waals surface area contributed by atoms with Gasteiger partial charge in [0.25, 0.3) is 0 Å². The molecule has 0 N–H and O–H groups in total. The summed E-state index contributed by atoms with van der Waals surface area (Å²) in [4.78, 5) is 0. The Bertz CT molecular complexity index is 3350. The molecule has 9 aromatic rings. The third-order valence-electron chi connectivity index (χ3n) is 14.5. The van der Waals surface area contributed by atoms with E-state index < -0.39 is 16.1 Å². The zero-order valence-electron chi connectivity index (χ0n) is 37.0. The molecule has 0 unspecified atom stereocenters. The van der Waals surface area contributed by atoms with Gasteiger partial charge in [0, 0.05) is 38.8 Å². The summed E-state index contributed by atoms with van der Waals surface area (Å²) in [5.41, 5.74) is 24.2. The molecule has 0 amide bonds. The van der Waals surface area contributed by atoms with Crippen molar-refractivity contribution in [2.75, 3.05) is 0 Å². The number of nitrogens with zero attached hydrogens (tertiary/aromatic N) is 2. The third kappa shape index (κ3) is 5.79. The quantitative estimate of drug-likeness (QED) is 0.148. The van der Waals surface area contributed by atoms with Crippen LogP contribution in [0.3, 0.4) is 0 Å². The Morgan fingerprint density at radius 2 is 0.968 bits per heavy atom. The van der Waals surface area contributed by atoms with Gasteiger partial charge in [-0.05, 0) is 149 Å². The van der Waals surface area contributed by atoms with Crippen LogP contribution in [0.1, 0.15) is 45.5 Å². The first-order valence-electron chi connectivity index (χ1n) is 22.9. The van der Waals surface area contributed by atoms with Crippen molar-refractivity contribution in [1.29, 1.82) is 0 Å². The monoisotopic (exact) mass is 834 g/mol. The Labute approximate surface area is 368 Å². The second kappa shape index (κ2) is 13.8. The van der Waals surface area contributed by atoms with Gasteiger partial charge < -0.3 is 9.13 Å². The highest BCUT2D eigenvalue weighted by atomic mass is 28.3. The minimum Gasteiger partial charge on any atom is -0.313 e. The number of hydrogen-bond donors (Lipinski definition) is 0. The largest absolute Gasteiger partial charge is 0.313 e. The van der Waals surface area contributed by atoms with Crippen molar-refractivity contribution in [3.05, 3.63) is 179 Å². The summed E-state index contributed by atoms with van der Waals surface area (Å²) < 4.78 is 5.26. The van der Waals surface area contributed by atoms with Crippen LogP contribution in [-0.4, -0.2) is 25.3 Å². The van der Waals surface area contributed by atoms with Gasteiger partial charge in [-0.25, -0.2) is 0 Å². The van der Waals surface area contributed by atoms with E-state index in [0.717, 1.165) is 38.5 Å². The van der Waals surface area contributed by atoms with Crippen LogP contribution in [0, 0.1) is 0 Å². The number of aromatic nitrogens is 2. The highest BCUT2D eigenvalue weighted by Gasteiger charge is 2.34.